The first-order valence-corrected chi connectivity index (χ1v) is 11.0. The van der Waals surface area contributed by atoms with Gasteiger partial charge in [-0.2, -0.15) is 0 Å². The molecule has 1 aliphatic rings. The molecule has 0 unspecified atom stereocenters. The summed E-state index contributed by atoms with van der Waals surface area (Å²) in [6, 6.07) is 14.9. The Hall–Kier alpha value is -2.09. The third-order valence-corrected chi connectivity index (χ3v) is 6.78. The van der Waals surface area contributed by atoms with Crippen molar-refractivity contribution >= 4 is 15.7 Å². The molecule has 7 heteroatoms. The molecular formula is C21H29N3O3S. The number of rotatable bonds is 7. The minimum absolute atomic E-state index is 0.249. The number of piperidine rings is 1. The fraction of sp³-hybridized carbons (Fsp3) is 0.429. The zero-order valence-electron chi connectivity index (χ0n) is 16.8. The summed E-state index contributed by atoms with van der Waals surface area (Å²) in [6.45, 7) is 2.33. The van der Waals surface area contributed by atoms with Crippen molar-refractivity contribution in [1.82, 2.24) is 9.62 Å². The highest BCUT2D eigenvalue weighted by molar-refractivity contribution is 7.89. The molecule has 1 fully saturated rings. The standard InChI is InChI=1S/C21H29N3O3S/c1-23-13-11-18(12-14-23)24(2)20-15-19(9-10-21(20)27-3)28(25,26)22-16-17-7-5-4-6-8-17/h4-10,15,18,22H,11-14,16H2,1-3H3. The molecule has 0 spiro atoms. The number of hydrogen-bond donors (Lipinski definition) is 1. The van der Waals surface area contributed by atoms with Crippen LogP contribution in [0.1, 0.15) is 18.4 Å². The van der Waals surface area contributed by atoms with Gasteiger partial charge in [-0.1, -0.05) is 30.3 Å². The molecule has 0 aromatic heterocycles. The van der Waals surface area contributed by atoms with Crippen LogP contribution in [0.3, 0.4) is 0 Å². The van der Waals surface area contributed by atoms with Gasteiger partial charge in [-0.05, 0) is 56.7 Å². The number of benzene rings is 2. The van der Waals surface area contributed by atoms with Crippen LogP contribution in [-0.2, 0) is 16.6 Å². The van der Waals surface area contributed by atoms with Crippen LogP contribution in [0.15, 0.2) is 53.4 Å². The number of ether oxygens (including phenoxy) is 1. The van der Waals surface area contributed by atoms with Crippen LogP contribution >= 0.6 is 0 Å². The largest absolute Gasteiger partial charge is 0.495 e. The minimum Gasteiger partial charge on any atom is -0.495 e. The quantitative estimate of drug-likeness (QED) is 0.770. The van der Waals surface area contributed by atoms with Crippen molar-refractivity contribution in [1.29, 1.82) is 0 Å². The summed E-state index contributed by atoms with van der Waals surface area (Å²) in [5.41, 5.74) is 1.72. The van der Waals surface area contributed by atoms with Crippen LogP contribution in [0, 0.1) is 0 Å². The number of likely N-dealkylation sites (tertiary alicyclic amines) is 1. The Balaban J connectivity index is 1.81. The van der Waals surface area contributed by atoms with Gasteiger partial charge in [0.15, 0.2) is 0 Å². The van der Waals surface area contributed by atoms with Gasteiger partial charge in [0.25, 0.3) is 0 Å². The average Bonchev–Trinajstić information content (AvgIpc) is 2.72. The second kappa shape index (κ2) is 8.94. The van der Waals surface area contributed by atoms with E-state index in [1.807, 2.05) is 37.4 Å². The Morgan fingerprint density at radius 2 is 1.82 bits per heavy atom. The summed E-state index contributed by atoms with van der Waals surface area (Å²) in [5.74, 6) is 0.684. The van der Waals surface area contributed by atoms with Crippen LogP contribution in [0.25, 0.3) is 0 Å². The van der Waals surface area contributed by atoms with E-state index < -0.39 is 10.0 Å². The molecular weight excluding hydrogens is 374 g/mol. The van der Waals surface area contributed by atoms with Crippen molar-refractivity contribution in [3.8, 4) is 5.75 Å². The molecule has 6 nitrogen and oxygen atoms in total. The van der Waals surface area contributed by atoms with Gasteiger partial charge >= 0.3 is 0 Å². The molecule has 2 aromatic rings. The zero-order valence-corrected chi connectivity index (χ0v) is 17.6. The molecule has 1 saturated heterocycles. The number of anilines is 1. The minimum atomic E-state index is -3.62. The van der Waals surface area contributed by atoms with E-state index in [-0.39, 0.29) is 11.4 Å². The zero-order chi connectivity index (χ0) is 20.1. The summed E-state index contributed by atoms with van der Waals surface area (Å²) < 4.78 is 33.8. The van der Waals surface area contributed by atoms with Crippen molar-refractivity contribution < 1.29 is 13.2 Å². The lowest BCUT2D eigenvalue weighted by molar-refractivity contribution is 0.252. The van der Waals surface area contributed by atoms with Gasteiger partial charge in [-0.25, -0.2) is 13.1 Å². The highest BCUT2D eigenvalue weighted by atomic mass is 32.2. The summed E-state index contributed by atoms with van der Waals surface area (Å²) in [5, 5.41) is 0. The molecule has 0 radical (unpaired) electrons. The van der Waals surface area contributed by atoms with E-state index in [1.165, 1.54) is 0 Å². The molecule has 152 valence electrons. The highest BCUT2D eigenvalue weighted by Gasteiger charge is 2.24. The second-order valence-corrected chi connectivity index (χ2v) is 9.06. The number of nitrogens with one attached hydrogen (secondary N) is 1. The fourth-order valence-electron chi connectivity index (χ4n) is 3.55. The van der Waals surface area contributed by atoms with Gasteiger partial charge in [0, 0.05) is 19.6 Å². The van der Waals surface area contributed by atoms with Gasteiger partial charge in [0.2, 0.25) is 10.0 Å². The molecule has 28 heavy (non-hydrogen) atoms. The lowest BCUT2D eigenvalue weighted by atomic mass is 10.0. The number of hydrogen-bond acceptors (Lipinski definition) is 5. The van der Waals surface area contributed by atoms with Crippen LogP contribution in [0.2, 0.25) is 0 Å². The molecule has 0 amide bonds. The Kier molecular flexibility index (Phi) is 6.59. The average molecular weight is 404 g/mol. The van der Waals surface area contributed by atoms with E-state index in [2.05, 4.69) is 21.6 Å². The Morgan fingerprint density at radius 1 is 1.14 bits per heavy atom. The first-order valence-electron chi connectivity index (χ1n) is 9.53. The Bertz CT molecular complexity index is 879. The molecule has 0 aliphatic carbocycles. The lowest BCUT2D eigenvalue weighted by Gasteiger charge is -2.37. The number of nitrogens with zero attached hydrogens (tertiary/aromatic N) is 2. The maximum atomic E-state index is 12.8. The van der Waals surface area contributed by atoms with Gasteiger partial charge in [0.1, 0.15) is 5.75 Å². The van der Waals surface area contributed by atoms with Crippen LogP contribution in [0.5, 0.6) is 5.75 Å². The van der Waals surface area contributed by atoms with Crippen LogP contribution < -0.4 is 14.4 Å². The second-order valence-electron chi connectivity index (χ2n) is 7.29. The maximum absolute atomic E-state index is 12.8. The molecule has 1 N–H and O–H groups in total. The molecule has 1 aliphatic heterocycles. The predicted molar refractivity (Wildman–Crippen MR) is 112 cm³/mol. The number of sulfonamides is 1. The summed E-state index contributed by atoms with van der Waals surface area (Å²) >= 11 is 0. The number of methoxy groups -OCH3 is 1. The van der Waals surface area contributed by atoms with Gasteiger partial charge in [-0.15, -0.1) is 0 Å². The summed E-state index contributed by atoms with van der Waals surface area (Å²) in [6.07, 6.45) is 2.08. The van der Waals surface area contributed by atoms with Crippen molar-refractivity contribution in [3.63, 3.8) is 0 Å². The predicted octanol–water partition coefficient (Wildman–Crippen LogP) is 2.70. The summed E-state index contributed by atoms with van der Waals surface area (Å²) in [4.78, 5) is 4.72. The van der Waals surface area contributed by atoms with Gasteiger partial charge < -0.3 is 14.5 Å². The normalized spacial score (nSPS) is 16.1. The van der Waals surface area contributed by atoms with E-state index in [4.69, 9.17) is 4.74 Å². The van der Waals surface area contributed by atoms with E-state index in [0.29, 0.717) is 11.8 Å². The molecule has 3 rings (SSSR count). The van der Waals surface area contributed by atoms with Crippen molar-refractivity contribution in [2.24, 2.45) is 0 Å². The van der Waals surface area contributed by atoms with E-state index >= 15 is 0 Å². The molecule has 1 heterocycles. The first kappa shape index (κ1) is 20.6. The topological polar surface area (TPSA) is 61.9 Å². The van der Waals surface area contributed by atoms with Crippen molar-refractivity contribution in [3.05, 3.63) is 54.1 Å². The van der Waals surface area contributed by atoms with Gasteiger partial charge in [0.05, 0.1) is 17.7 Å². The summed E-state index contributed by atoms with van der Waals surface area (Å²) in [7, 11) is 2.14. The third kappa shape index (κ3) is 4.84. The van der Waals surface area contributed by atoms with Crippen molar-refractivity contribution in [2.75, 3.05) is 39.2 Å². The van der Waals surface area contributed by atoms with E-state index in [0.717, 1.165) is 37.2 Å². The highest BCUT2D eigenvalue weighted by Crippen LogP contribution is 2.33. The Morgan fingerprint density at radius 3 is 2.46 bits per heavy atom. The first-order chi connectivity index (χ1) is 13.4. The maximum Gasteiger partial charge on any atom is 0.240 e. The molecule has 0 atom stereocenters. The van der Waals surface area contributed by atoms with Crippen LogP contribution in [-0.4, -0.2) is 53.7 Å². The van der Waals surface area contributed by atoms with Crippen LogP contribution in [0.4, 0.5) is 5.69 Å². The smallest absolute Gasteiger partial charge is 0.240 e. The molecule has 0 bridgehead atoms. The lowest BCUT2D eigenvalue weighted by Crippen LogP contribution is -2.42. The molecule has 2 aromatic carbocycles. The third-order valence-electron chi connectivity index (χ3n) is 5.39. The molecule has 0 saturated carbocycles. The Labute approximate surface area is 168 Å². The van der Waals surface area contributed by atoms with E-state index in [1.54, 1.807) is 25.3 Å². The van der Waals surface area contributed by atoms with E-state index in [9.17, 15) is 8.42 Å². The SMILES string of the molecule is COc1ccc(S(=O)(=O)NCc2ccccc2)cc1N(C)C1CCN(C)CC1. The van der Waals surface area contributed by atoms with Gasteiger partial charge in [-0.3, -0.25) is 0 Å². The van der Waals surface area contributed by atoms with Crippen molar-refractivity contribution in [2.45, 2.75) is 30.3 Å². The fourth-order valence-corrected chi connectivity index (χ4v) is 4.59. The monoisotopic (exact) mass is 403 g/mol.